The first-order valence-electron chi connectivity index (χ1n) is 10.6. The molecule has 170 valence electrons. The van der Waals surface area contributed by atoms with E-state index >= 15 is 0 Å². The van der Waals surface area contributed by atoms with Crippen molar-refractivity contribution in [3.8, 4) is 11.5 Å². The summed E-state index contributed by atoms with van der Waals surface area (Å²) in [6, 6.07) is 7.45. The predicted molar refractivity (Wildman–Crippen MR) is 124 cm³/mol. The number of hydrogen-bond acceptors (Lipinski definition) is 7. The Labute approximate surface area is 191 Å². The third-order valence-corrected chi connectivity index (χ3v) is 7.30. The molecule has 2 aliphatic rings. The first-order chi connectivity index (χ1) is 15.1. The van der Waals surface area contributed by atoms with E-state index in [2.05, 4.69) is 5.32 Å². The van der Waals surface area contributed by atoms with Gasteiger partial charge in [-0.2, -0.15) is 0 Å². The number of anilines is 1. The van der Waals surface area contributed by atoms with Crippen LogP contribution in [0.25, 0.3) is 0 Å². The second-order valence-electron chi connectivity index (χ2n) is 8.82. The third-order valence-electron chi connectivity index (χ3n) is 6.32. The summed E-state index contributed by atoms with van der Waals surface area (Å²) in [6.07, 6.45) is 0.185. The number of aliphatic hydroxyl groups excluding tert-OH is 1. The van der Waals surface area contributed by atoms with E-state index in [9.17, 15) is 14.7 Å². The lowest BCUT2D eigenvalue weighted by atomic mass is 9.85. The van der Waals surface area contributed by atoms with Crippen molar-refractivity contribution in [3.05, 3.63) is 52.1 Å². The minimum atomic E-state index is -0.705. The van der Waals surface area contributed by atoms with Crippen LogP contribution in [-0.4, -0.2) is 33.7 Å². The molecular formula is C24H28N2O5S. The second kappa shape index (κ2) is 8.33. The van der Waals surface area contributed by atoms with Crippen LogP contribution in [0.2, 0.25) is 0 Å². The van der Waals surface area contributed by atoms with Crippen molar-refractivity contribution in [1.82, 2.24) is 5.32 Å². The smallest absolute Gasteiger partial charge is 0.286 e. The van der Waals surface area contributed by atoms with Crippen molar-refractivity contribution in [2.24, 2.45) is 0 Å². The molecule has 1 fully saturated rings. The Balaban J connectivity index is 1.44. The molecule has 2 aromatic rings. The Morgan fingerprint density at radius 2 is 1.88 bits per heavy atom. The molecule has 2 heterocycles. The molecule has 3 atom stereocenters. The zero-order valence-electron chi connectivity index (χ0n) is 18.7. The zero-order chi connectivity index (χ0) is 23.2. The highest BCUT2D eigenvalue weighted by molar-refractivity contribution is 8.15. The van der Waals surface area contributed by atoms with Gasteiger partial charge in [0.25, 0.3) is 5.24 Å². The lowest BCUT2D eigenvalue weighted by Crippen LogP contribution is -2.44. The van der Waals surface area contributed by atoms with Crippen LogP contribution in [0.15, 0.2) is 24.3 Å². The van der Waals surface area contributed by atoms with Gasteiger partial charge in [-0.1, -0.05) is 23.9 Å². The molecule has 0 aromatic heterocycles. The number of fused-ring (bicyclic) bond motifs is 1. The lowest BCUT2D eigenvalue weighted by Gasteiger charge is -2.40. The van der Waals surface area contributed by atoms with Crippen molar-refractivity contribution in [3.63, 3.8) is 0 Å². The summed E-state index contributed by atoms with van der Waals surface area (Å²) in [5.41, 5.74) is 10.7. The number of carbonyl (C=O) groups is 2. The molecule has 1 saturated heterocycles. The highest BCUT2D eigenvalue weighted by Crippen LogP contribution is 2.46. The van der Waals surface area contributed by atoms with Gasteiger partial charge in [0.2, 0.25) is 5.91 Å². The van der Waals surface area contributed by atoms with Crippen LogP contribution in [-0.2, 0) is 11.2 Å². The predicted octanol–water partition coefficient (Wildman–Crippen LogP) is 3.74. The summed E-state index contributed by atoms with van der Waals surface area (Å²) in [4.78, 5) is 23.1. The number of nitrogen functional groups attached to an aromatic ring is 1. The van der Waals surface area contributed by atoms with E-state index in [4.69, 9.17) is 15.2 Å². The maximum Gasteiger partial charge on any atom is 0.286 e. The Hall–Kier alpha value is -2.71. The van der Waals surface area contributed by atoms with Crippen molar-refractivity contribution in [2.75, 3.05) is 12.3 Å². The van der Waals surface area contributed by atoms with Gasteiger partial charge in [0.15, 0.2) is 0 Å². The molecule has 0 spiro atoms. The summed E-state index contributed by atoms with van der Waals surface area (Å²) in [7, 11) is 0. The molecule has 0 saturated carbocycles. The van der Waals surface area contributed by atoms with Gasteiger partial charge in [-0.3, -0.25) is 14.9 Å². The summed E-state index contributed by atoms with van der Waals surface area (Å²) in [5, 5.41) is 12.5. The van der Waals surface area contributed by atoms with Crippen LogP contribution in [0.4, 0.5) is 10.5 Å². The molecule has 2 amide bonds. The van der Waals surface area contributed by atoms with Crippen LogP contribution < -0.4 is 20.5 Å². The molecule has 0 bridgehead atoms. The maximum atomic E-state index is 11.7. The summed E-state index contributed by atoms with van der Waals surface area (Å²) in [6.45, 7) is 8.03. The number of carbonyl (C=O) groups excluding carboxylic acids is 2. The summed E-state index contributed by atoms with van der Waals surface area (Å²) < 4.78 is 12.4. The maximum absolute atomic E-state index is 11.7. The van der Waals surface area contributed by atoms with Gasteiger partial charge in [-0.25, -0.2) is 0 Å². The van der Waals surface area contributed by atoms with Crippen molar-refractivity contribution in [2.45, 2.75) is 57.5 Å². The van der Waals surface area contributed by atoms with Gasteiger partial charge in [0.05, 0.1) is 11.4 Å². The molecule has 4 N–H and O–H groups in total. The Morgan fingerprint density at radius 1 is 1.19 bits per heavy atom. The molecule has 2 aliphatic heterocycles. The lowest BCUT2D eigenvalue weighted by molar-refractivity contribution is -0.118. The first-order valence-corrected chi connectivity index (χ1v) is 11.5. The Bertz CT molecular complexity index is 1090. The number of thioether (sulfide) groups is 1. The molecule has 0 aliphatic carbocycles. The molecule has 3 unspecified atom stereocenters. The summed E-state index contributed by atoms with van der Waals surface area (Å²) in [5.74, 6) is 1.11. The largest absolute Gasteiger partial charge is 0.489 e. The fourth-order valence-corrected chi connectivity index (χ4v) is 5.15. The van der Waals surface area contributed by atoms with Crippen LogP contribution >= 0.6 is 11.8 Å². The number of nitrogens with one attached hydrogen (secondary N) is 1. The molecule has 32 heavy (non-hydrogen) atoms. The number of imide groups is 1. The first kappa shape index (κ1) is 22.5. The fraction of sp³-hybridized carbons (Fsp3) is 0.417. The number of nitrogens with two attached hydrogens (primary N) is 1. The van der Waals surface area contributed by atoms with E-state index in [0.717, 1.165) is 39.6 Å². The van der Waals surface area contributed by atoms with E-state index in [0.29, 0.717) is 30.0 Å². The summed E-state index contributed by atoms with van der Waals surface area (Å²) >= 11 is 1.02. The van der Waals surface area contributed by atoms with Crippen LogP contribution in [0, 0.1) is 20.8 Å². The van der Waals surface area contributed by atoms with E-state index in [1.54, 1.807) is 0 Å². The van der Waals surface area contributed by atoms with Crippen molar-refractivity contribution >= 4 is 28.6 Å². The van der Waals surface area contributed by atoms with Gasteiger partial charge < -0.3 is 20.3 Å². The van der Waals surface area contributed by atoms with Crippen LogP contribution in [0.5, 0.6) is 11.5 Å². The van der Waals surface area contributed by atoms with Crippen molar-refractivity contribution < 1.29 is 24.2 Å². The average molecular weight is 457 g/mol. The number of hydrogen-bond donors (Lipinski definition) is 3. The van der Waals surface area contributed by atoms with E-state index in [1.807, 2.05) is 52.0 Å². The van der Waals surface area contributed by atoms with Crippen LogP contribution in [0.1, 0.15) is 47.3 Å². The van der Waals surface area contributed by atoms with Crippen LogP contribution in [0.3, 0.4) is 0 Å². The van der Waals surface area contributed by atoms with Gasteiger partial charge >= 0.3 is 0 Å². The Morgan fingerprint density at radius 3 is 2.50 bits per heavy atom. The molecule has 8 heteroatoms. The number of amides is 2. The highest BCUT2D eigenvalue weighted by Gasteiger charge is 2.40. The second-order valence-corrected chi connectivity index (χ2v) is 10.00. The molecule has 7 nitrogen and oxygen atoms in total. The monoisotopic (exact) mass is 456 g/mol. The fourth-order valence-electron chi connectivity index (χ4n) is 4.29. The van der Waals surface area contributed by atoms with Gasteiger partial charge in [-0.15, -0.1) is 0 Å². The van der Waals surface area contributed by atoms with Gasteiger partial charge in [0, 0.05) is 17.7 Å². The van der Waals surface area contributed by atoms with E-state index < -0.39 is 17.0 Å². The molecule has 2 aromatic carbocycles. The van der Waals surface area contributed by atoms with E-state index in [-0.39, 0.29) is 17.8 Å². The third kappa shape index (κ3) is 4.17. The minimum absolute atomic E-state index is 0.246. The highest BCUT2D eigenvalue weighted by atomic mass is 32.2. The molecule has 4 rings (SSSR count). The molecular weight excluding hydrogens is 428 g/mol. The number of rotatable bonds is 5. The minimum Gasteiger partial charge on any atom is -0.489 e. The van der Waals surface area contributed by atoms with Crippen molar-refractivity contribution in [1.29, 1.82) is 0 Å². The van der Waals surface area contributed by atoms with Gasteiger partial charge in [-0.05, 0) is 68.5 Å². The quantitative estimate of drug-likeness (QED) is 0.588. The standard InChI is InChI=1S/C24H28N2O5S/c1-12-13(2)21-19(14(3)20(12)25)17(27)10-24(4,31-21)11-30-16-7-5-15(6-8-16)9-18-22(28)26-23(29)32-18/h5-8,17-18,27H,9-11,25H2,1-4H3,(H,26,28,29). The number of ether oxygens (including phenoxy) is 2. The number of aliphatic hydroxyl groups is 1. The zero-order valence-corrected chi connectivity index (χ0v) is 19.5. The molecule has 0 radical (unpaired) electrons. The van der Waals surface area contributed by atoms with E-state index in [1.165, 1.54) is 0 Å². The topological polar surface area (TPSA) is 111 Å². The SMILES string of the molecule is Cc1c(C)c2c(c(C)c1N)C(O)CC(C)(COc1ccc(CC3SC(=O)NC3=O)cc1)O2. The normalized spacial score (nSPS) is 24.7. The number of benzene rings is 2. The Kier molecular flexibility index (Phi) is 5.85. The average Bonchev–Trinajstić information content (AvgIpc) is 3.06. The van der Waals surface area contributed by atoms with Gasteiger partial charge in [0.1, 0.15) is 23.7 Å².